The Morgan fingerprint density at radius 3 is 2.62 bits per heavy atom. The molecule has 6 nitrogen and oxygen atoms in total. The Morgan fingerprint density at radius 2 is 2.00 bits per heavy atom. The first-order valence-corrected chi connectivity index (χ1v) is 7.89. The molecule has 2 atom stereocenters. The molecular formula is C18H22N4O2. The molecule has 0 aliphatic heterocycles. The maximum absolute atomic E-state index is 12.0. The summed E-state index contributed by atoms with van der Waals surface area (Å²) in [5, 5.41) is 10.9. The zero-order valence-corrected chi connectivity index (χ0v) is 14.3. The van der Waals surface area contributed by atoms with Crippen LogP contribution in [0.15, 0.2) is 23.9 Å². The number of anilines is 1. The van der Waals surface area contributed by atoms with Gasteiger partial charge in [-0.1, -0.05) is 19.1 Å². The van der Waals surface area contributed by atoms with Crippen molar-refractivity contribution in [2.75, 3.05) is 5.73 Å². The number of allylic oxidation sites excluding steroid dienone is 2. The third-order valence-corrected chi connectivity index (χ3v) is 4.91. The van der Waals surface area contributed by atoms with E-state index < -0.39 is 12.0 Å². The number of amides is 1. The van der Waals surface area contributed by atoms with Crippen molar-refractivity contribution in [1.82, 2.24) is 9.55 Å². The van der Waals surface area contributed by atoms with Gasteiger partial charge in [-0.3, -0.25) is 9.36 Å². The van der Waals surface area contributed by atoms with E-state index in [4.69, 9.17) is 11.5 Å². The molecule has 3 rings (SSSR count). The molecule has 126 valence electrons. The van der Waals surface area contributed by atoms with Crippen molar-refractivity contribution in [2.45, 2.75) is 33.8 Å². The number of carbonyl (C=O) groups is 1. The minimum absolute atomic E-state index is 0.183. The molecule has 5 N–H and O–H groups in total. The molecule has 0 unspecified atom stereocenters. The molecule has 24 heavy (non-hydrogen) atoms. The number of rotatable bonds is 2. The average molecular weight is 326 g/mol. The highest BCUT2D eigenvalue weighted by molar-refractivity contribution is 6.12. The smallest absolute Gasteiger partial charge is 0.253 e. The number of aliphatic hydroxyl groups excluding tert-OH is 1. The van der Waals surface area contributed by atoms with Gasteiger partial charge in [0, 0.05) is 23.2 Å². The van der Waals surface area contributed by atoms with Gasteiger partial charge in [0.1, 0.15) is 11.5 Å². The van der Waals surface area contributed by atoms with Crippen LogP contribution < -0.4 is 11.5 Å². The summed E-state index contributed by atoms with van der Waals surface area (Å²) in [6, 6.07) is 0. The van der Waals surface area contributed by atoms with E-state index in [0.717, 1.165) is 22.4 Å². The van der Waals surface area contributed by atoms with Gasteiger partial charge in [0.15, 0.2) is 0 Å². The number of aryl methyl sites for hydroxylation is 2. The lowest BCUT2D eigenvalue weighted by atomic mass is 9.91. The van der Waals surface area contributed by atoms with Gasteiger partial charge in [0.2, 0.25) is 0 Å². The lowest BCUT2D eigenvalue weighted by Crippen LogP contribution is -2.24. The van der Waals surface area contributed by atoms with Crippen molar-refractivity contribution in [3.05, 3.63) is 40.6 Å². The highest BCUT2D eigenvalue weighted by Gasteiger charge is 2.29. The minimum atomic E-state index is -0.621. The molecule has 0 bridgehead atoms. The summed E-state index contributed by atoms with van der Waals surface area (Å²) in [4.78, 5) is 16.6. The zero-order chi connectivity index (χ0) is 17.8. The van der Waals surface area contributed by atoms with E-state index in [-0.39, 0.29) is 17.3 Å². The number of nitrogen functional groups attached to an aromatic ring is 1. The van der Waals surface area contributed by atoms with Crippen LogP contribution in [0.3, 0.4) is 0 Å². The molecule has 2 aromatic heterocycles. The van der Waals surface area contributed by atoms with Crippen LogP contribution in [0.5, 0.6) is 0 Å². The number of hydrogen-bond acceptors (Lipinski definition) is 4. The van der Waals surface area contributed by atoms with Gasteiger partial charge in [-0.25, -0.2) is 4.98 Å². The maximum Gasteiger partial charge on any atom is 0.253 e. The van der Waals surface area contributed by atoms with E-state index in [1.54, 1.807) is 16.8 Å². The number of hydrogen-bond donors (Lipinski definition) is 3. The van der Waals surface area contributed by atoms with Crippen molar-refractivity contribution in [3.8, 4) is 0 Å². The molecule has 0 radical (unpaired) electrons. The second-order valence-electron chi connectivity index (χ2n) is 6.43. The van der Waals surface area contributed by atoms with Crippen LogP contribution in [0.1, 0.15) is 35.3 Å². The Labute approximate surface area is 140 Å². The number of aliphatic hydroxyl groups is 1. The van der Waals surface area contributed by atoms with Gasteiger partial charge in [0.25, 0.3) is 5.91 Å². The van der Waals surface area contributed by atoms with Gasteiger partial charge in [0.05, 0.1) is 11.7 Å². The van der Waals surface area contributed by atoms with Crippen LogP contribution >= 0.6 is 0 Å². The van der Waals surface area contributed by atoms with E-state index >= 15 is 0 Å². The van der Waals surface area contributed by atoms with Crippen LogP contribution in [0.2, 0.25) is 0 Å². The average Bonchev–Trinajstić information content (AvgIpc) is 2.81. The number of nitrogens with zero attached hydrogens (tertiary/aromatic N) is 2. The number of nitrogens with two attached hydrogens (primary N) is 2. The maximum atomic E-state index is 12.0. The molecule has 1 amide bonds. The summed E-state index contributed by atoms with van der Waals surface area (Å²) in [6.07, 6.45) is 4.75. The molecule has 1 aliphatic rings. The first kappa shape index (κ1) is 16.3. The number of pyridine rings is 1. The monoisotopic (exact) mass is 326 g/mol. The Hall–Kier alpha value is -2.60. The first-order chi connectivity index (χ1) is 11.3. The van der Waals surface area contributed by atoms with E-state index in [9.17, 15) is 9.90 Å². The molecule has 2 heterocycles. The summed E-state index contributed by atoms with van der Waals surface area (Å²) in [6.45, 7) is 7.73. The second-order valence-corrected chi connectivity index (χ2v) is 6.43. The summed E-state index contributed by atoms with van der Waals surface area (Å²) >= 11 is 0. The number of carbonyl (C=O) groups excluding carboxylic acids is 1. The van der Waals surface area contributed by atoms with Crippen LogP contribution in [0.25, 0.3) is 16.7 Å². The Balaban J connectivity index is 2.47. The highest BCUT2D eigenvalue weighted by Crippen LogP contribution is 2.38. The van der Waals surface area contributed by atoms with Crippen LogP contribution in [0, 0.1) is 19.8 Å². The largest absolute Gasteiger partial charge is 0.388 e. The lowest BCUT2D eigenvalue weighted by Gasteiger charge is -2.27. The fourth-order valence-electron chi connectivity index (χ4n) is 3.40. The first-order valence-electron chi connectivity index (χ1n) is 7.89. The summed E-state index contributed by atoms with van der Waals surface area (Å²) < 4.78 is 1.76. The second kappa shape index (κ2) is 5.49. The molecule has 0 saturated heterocycles. The third kappa shape index (κ3) is 2.14. The van der Waals surface area contributed by atoms with Crippen molar-refractivity contribution in [2.24, 2.45) is 11.7 Å². The lowest BCUT2D eigenvalue weighted by molar-refractivity contribution is 0.100. The van der Waals surface area contributed by atoms with Crippen molar-refractivity contribution < 1.29 is 9.90 Å². The Morgan fingerprint density at radius 1 is 1.33 bits per heavy atom. The van der Waals surface area contributed by atoms with E-state index in [1.165, 1.54) is 0 Å². The number of primary amides is 1. The number of fused-ring (bicyclic) bond motifs is 1. The molecule has 1 aliphatic carbocycles. The minimum Gasteiger partial charge on any atom is -0.388 e. The van der Waals surface area contributed by atoms with Gasteiger partial charge in [-0.2, -0.15) is 0 Å². The van der Waals surface area contributed by atoms with E-state index in [0.29, 0.717) is 11.0 Å². The van der Waals surface area contributed by atoms with Crippen molar-refractivity contribution >= 4 is 28.5 Å². The molecule has 6 heteroatoms. The normalized spacial score (nSPS) is 20.9. The van der Waals surface area contributed by atoms with Crippen molar-refractivity contribution in [3.63, 3.8) is 0 Å². The third-order valence-electron chi connectivity index (χ3n) is 4.91. The molecular weight excluding hydrogens is 304 g/mol. The molecule has 0 aromatic carbocycles. The SMILES string of the molecule is CC1=C(n2c(N)c(C(N)=O)c3c(C)c(C)cnc32)[C@H](C)[C@H](O)C=C1. The summed E-state index contributed by atoms with van der Waals surface area (Å²) in [5.41, 5.74) is 16.5. The van der Waals surface area contributed by atoms with Gasteiger partial charge in [-0.15, -0.1) is 0 Å². The predicted molar refractivity (Wildman–Crippen MR) is 95.3 cm³/mol. The van der Waals surface area contributed by atoms with Gasteiger partial charge < -0.3 is 16.6 Å². The summed E-state index contributed by atoms with van der Waals surface area (Å²) in [7, 11) is 0. The predicted octanol–water partition coefficient (Wildman–Crippen LogP) is 2.13. The molecule has 0 spiro atoms. The molecule has 2 aromatic rings. The van der Waals surface area contributed by atoms with Gasteiger partial charge >= 0.3 is 0 Å². The van der Waals surface area contributed by atoms with Crippen LogP contribution in [-0.4, -0.2) is 26.7 Å². The van der Waals surface area contributed by atoms with Crippen LogP contribution in [-0.2, 0) is 0 Å². The zero-order valence-electron chi connectivity index (χ0n) is 14.3. The Kier molecular flexibility index (Phi) is 3.72. The Bertz CT molecular complexity index is 921. The summed E-state index contributed by atoms with van der Waals surface area (Å²) in [5.74, 6) is -0.496. The molecule has 0 saturated carbocycles. The van der Waals surface area contributed by atoms with Crippen molar-refractivity contribution in [1.29, 1.82) is 0 Å². The topological polar surface area (TPSA) is 107 Å². The van der Waals surface area contributed by atoms with E-state index in [1.807, 2.05) is 33.8 Å². The van der Waals surface area contributed by atoms with Crippen LogP contribution in [0.4, 0.5) is 5.82 Å². The van der Waals surface area contributed by atoms with E-state index in [2.05, 4.69) is 4.98 Å². The highest BCUT2D eigenvalue weighted by atomic mass is 16.3. The molecule has 0 fully saturated rings. The number of aromatic nitrogens is 2. The standard InChI is InChI=1S/C18H22N4O2/c1-8-5-6-12(23)11(4)15(8)22-16(19)14(17(20)24)13-10(3)9(2)7-21-18(13)22/h5-7,11-12,23H,19H2,1-4H3,(H2,20,24)/t11-,12-/m1/s1. The fraction of sp³-hybridized carbons (Fsp3) is 0.333. The quantitative estimate of drug-likeness (QED) is 0.785. The fourth-order valence-corrected chi connectivity index (χ4v) is 3.40. The van der Waals surface area contributed by atoms with Gasteiger partial charge in [-0.05, 0) is 37.5 Å².